The molecule has 80 valence electrons. The van der Waals surface area contributed by atoms with Gasteiger partial charge in [-0.3, -0.25) is 13.6 Å². The summed E-state index contributed by atoms with van der Waals surface area (Å²) in [5.41, 5.74) is -0.451. The van der Waals surface area contributed by atoms with Gasteiger partial charge in [0, 0.05) is 0 Å². The molecule has 0 aromatic carbocycles. The predicted octanol–water partition coefficient (Wildman–Crippen LogP) is 1.55. The van der Waals surface area contributed by atoms with Gasteiger partial charge in [-0.05, 0) is 4.57 Å². The summed E-state index contributed by atoms with van der Waals surface area (Å²) < 4.78 is 41.9. The van der Waals surface area contributed by atoms with Gasteiger partial charge in [0.15, 0.2) is 6.66 Å². The zero-order chi connectivity index (χ0) is 10.2. The maximum atomic E-state index is 11.4. The van der Waals surface area contributed by atoms with Crippen LogP contribution < -0.4 is 0 Å². The normalized spacial score (nSPS) is 42.5. The summed E-state index contributed by atoms with van der Waals surface area (Å²) in [7, 11) is -4.89. The lowest BCUT2D eigenvalue weighted by Gasteiger charge is -2.42. The smallest absolute Gasteiger partial charge is 0.286 e. The van der Waals surface area contributed by atoms with E-state index in [-0.39, 0.29) is 26.4 Å². The number of fused-ring (bicyclic) bond motifs is 3. The van der Waals surface area contributed by atoms with E-state index in [9.17, 15) is 9.13 Å². The molecular formula is C6H11O6P2+. The topological polar surface area (TPSA) is 71.1 Å². The monoisotopic (exact) mass is 241 g/mol. The van der Waals surface area contributed by atoms with Crippen LogP contribution in [0.25, 0.3) is 0 Å². The van der Waals surface area contributed by atoms with Gasteiger partial charge in [-0.25, -0.2) is 4.57 Å². The lowest BCUT2D eigenvalue weighted by atomic mass is 9.93. The van der Waals surface area contributed by atoms with Gasteiger partial charge in [-0.2, -0.15) is 0 Å². The third-order valence-corrected chi connectivity index (χ3v) is 3.97. The summed E-state index contributed by atoms with van der Waals surface area (Å²) in [5, 5.41) is 0. The van der Waals surface area contributed by atoms with E-state index in [1.54, 1.807) is 0 Å². The van der Waals surface area contributed by atoms with Crippen molar-refractivity contribution in [2.45, 2.75) is 0 Å². The van der Waals surface area contributed by atoms with Crippen LogP contribution in [0.4, 0.5) is 0 Å². The van der Waals surface area contributed by atoms with Crippen molar-refractivity contribution in [3.8, 4) is 0 Å². The Bertz CT molecular complexity index is 271. The van der Waals surface area contributed by atoms with E-state index in [1.807, 2.05) is 0 Å². The van der Waals surface area contributed by atoms with Crippen LogP contribution in [-0.4, -0.2) is 33.1 Å². The van der Waals surface area contributed by atoms with Crippen LogP contribution in [0.1, 0.15) is 0 Å². The number of phosphoric ester groups is 1. The van der Waals surface area contributed by atoms with Gasteiger partial charge < -0.3 is 0 Å². The van der Waals surface area contributed by atoms with Crippen LogP contribution in [0.5, 0.6) is 0 Å². The second-order valence-electron chi connectivity index (χ2n) is 3.48. The van der Waals surface area contributed by atoms with E-state index in [0.29, 0.717) is 0 Å². The molecule has 0 aliphatic carbocycles. The Morgan fingerprint density at radius 1 is 1.36 bits per heavy atom. The second-order valence-corrected chi connectivity index (χ2v) is 6.29. The van der Waals surface area contributed by atoms with E-state index in [2.05, 4.69) is 0 Å². The highest BCUT2D eigenvalue weighted by atomic mass is 31.2. The molecule has 3 fully saturated rings. The van der Waals surface area contributed by atoms with Gasteiger partial charge in [0.1, 0.15) is 6.61 Å². The van der Waals surface area contributed by atoms with Gasteiger partial charge in [0.2, 0.25) is 0 Å². The molecule has 14 heavy (non-hydrogen) atoms. The standard InChI is InChI=1S/C6H11O6P2/c1-13(7)9-2-6-3-10-14(8,11-4-6)12-5-6/h2-5H2,1H3/q+1. The molecule has 3 aliphatic rings. The van der Waals surface area contributed by atoms with Crippen molar-refractivity contribution in [1.29, 1.82) is 0 Å². The molecular weight excluding hydrogens is 230 g/mol. The largest absolute Gasteiger partial charge is 0.504 e. The highest BCUT2D eigenvalue weighted by Gasteiger charge is 2.51. The summed E-state index contributed by atoms with van der Waals surface area (Å²) in [6.45, 7) is 2.53. The highest BCUT2D eigenvalue weighted by molar-refractivity contribution is 7.48. The summed E-state index contributed by atoms with van der Waals surface area (Å²) >= 11 is 0. The molecule has 0 spiro atoms. The molecule has 3 heterocycles. The lowest BCUT2D eigenvalue weighted by Crippen LogP contribution is -2.47. The molecule has 2 bridgehead atoms. The molecule has 0 aromatic heterocycles. The third kappa shape index (κ3) is 2.06. The maximum absolute atomic E-state index is 11.4. The Kier molecular flexibility index (Phi) is 2.77. The van der Waals surface area contributed by atoms with Gasteiger partial charge in [0.25, 0.3) is 0 Å². The Hall–Kier alpha value is 0.170. The first-order chi connectivity index (χ1) is 6.54. The SMILES string of the molecule is C[P+](=O)OCC12COP(=O)(OC1)OC2. The van der Waals surface area contributed by atoms with Crippen molar-refractivity contribution in [3.05, 3.63) is 0 Å². The second kappa shape index (κ2) is 3.63. The highest BCUT2D eigenvalue weighted by Crippen LogP contribution is 2.60. The molecule has 0 amide bonds. The Morgan fingerprint density at radius 3 is 2.29 bits per heavy atom. The molecule has 1 atom stereocenters. The van der Waals surface area contributed by atoms with E-state index in [4.69, 9.17) is 18.1 Å². The average Bonchev–Trinajstić information content (AvgIpc) is 2.17. The van der Waals surface area contributed by atoms with Crippen LogP contribution in [-0.2, 0) is 27.2 Å². The lowest BCUT2D eigenvalue weighted by molar-refractivity contribution is -0.109. The molecule has 3 saturated heterocycles. The molecule has 3 aliphatic heterocycles. The predicted molar refractivity (Wildman–Crippen MR) is 47.4 cm³/mol. The maximum Gasteiger partial charge on any atom is 0.504 e. The van der Waals surface area contributed by atoms with Crippen molar-refractivity contribution in [2.75, 3.05) is 33.1 Å². The van der Waals surface area contributed by atoms with Gasteiger partial charge in [-0.1, -0.05) is 0 Å². The first kappa shape index (κ1) is 10.7. The minimum atomic E-state index is -3.25. The molecule has 0 radical (unpaired) electrons. The van der Waals surface area contributed by atoms with E-state index < -0.39 is 21.3 Å². The van der Waals surface area contributed by atoms with Gasteiger partial charge >= 0.3 is 15.9 Å². The molecule has 1 unspecified atom stereocenters. The number of hydrogen-bond donors (Lipinski definition) is 0. The van der Waals surface area contributed by atoms with Crippen LogP contribution in [0.2, 0.25) is 0 Å². The minimum absolute atomic E-state index is 0.235. The van der Waals surface area contributed by atoms with E-state index in [0.717, 1.165) is 0 Å². The number of hydrogen-bond acceptors (Lipinski definition) is 6. The first-order valence-electron chi connectivity index (χ1n) is 4.11. The van der Waals surface area contributed by atoms with E-state index in [1.165, 1.54) is 6.66 Å². The van der Waals surface area contributed by atoms with Crippen LogP contribution in [0, 0.1) is 5.41 Å². The molecule has 3 rings (SSSR count). The van der Waals surface area contributed by atoms with Gasteiger partial charge in [0.05, 0.1) is 25.2 Å². The zero-order valence-electron chi connectivity index (χ0n) is 7.67. The third-order valence-electron chi connectivity index (χ3n) is 2.14. The summed E-state index contributed by atoms with van der Waals surface area (Å²) in [4.78, 5) is 0. The number of rotatable bonds is 3. The Labute approximate surface area is 82.3 Å². The van der Waals surface area contributed by atoms with Crippen molar-refractivity contribution in [1.82, 2.24) is 0 Å². The molecule has 0 saturated carbocycles. The van der Waals surface area contributed by atoms with Crippen LogP contribution in [0.15, 0.2) is 0 Å². The van der Waals surface area contributed by atoms with E-state index >= 15 is 0 Å². The van der Waals surface area contributed by atoms with Crippen molar-refractivity contribution in [3.63, 3.8) is 0 Å². The fourth-order valence-electron chi connectivity index (χ4n) is 1.24. The molecule has 0 N–H and O–H groups in total. The molecule has 0 aromatic rings. The quantitative estimate of drug-likeness (QED) is 0.698. The minimum Gasteiger partial charge on any atom is -0.286 e. The zero-order valence-corrected chi connectivity index (χ0v) is 9.46. The van der Waals surface area contributed by atoms with Crippen LogP contribution >= 0.6 is 15.9 Å². The molecule has 6 nitrogen and oxygen atoms in total. The van der Waals surface area contributed by atoms with Gasteiger partial charge in [-0.15, -0.1) is 4.52 Å². The van der Waals surface area contributed by atoms with Crippen molar-refractivity contribution < 1.29 is 27.2 Å². The van der Waals surface area contributed by atoms with Crippen molar-refractivity contribution >= 4 is 15.9 Å². The fraction of sp³-hybridized carbons (Fsp3) is 1.00. The van der Waals surface area contributed by atoms with Crippen molar-refractivity contribution in [2.24, 2.45) is 5.41 Å². The van der Waals surface area contributed by atoms with Crippen LogP contribution in [0.3, 0.4) is 0 Å². The fourth-order valence-corrected chi connectivity index (χ4v) is 3.21. The summed E-state index contributed by atoms with van der Waals surface area (Å²) in [6, 6.07) is 0. The summed E-state index contributed by atoms with van der Waals surface area (Å²) in [6.07, 6.45) is 0. The number of phosphoric acid groups is 1. The summed E-state index contributed by atoms with van der Waals surface area (Å²) in [5.74, 6) is 0. The average molecular weight is 241 g/mol. The molecule has 8 heteroatoms. The first-order valence-corrected chi connectivity index (χ1v) is 7.20. The Balaban J connectivity index is 1.98. The Morgan fingerprint density at radius 2 is 1.86 bits per heavy atom.